The molecule has 0 atom stereocenters. The van der Waals surface area contributed by atoms with Crippen LogP contribution in [-0.2, 0) is 0 Å². The van der Waals surface area contributed by atoms with E-state index in [-0.39, 0.29) is 0 Å². The second-order valence-electron chi connectivity index (χ2n) is 2.75. The maximum atomic E-state index is 3.54. The minimum absolute atomic E-state index is 0.613. The predicted molar refractivity (Wildman–Crippen MR) is 43.6 cm³/mol. The third-order valence-corrected chi connectivity index (χ3v) is 3.13. The molecule has 0 aliphatic carbocycles. The molecule has 0 bridgehead atoms. The molecule has 0 fully saturated rings. The molecule has 0 heterocycles. The molecular weight excluding hydrogens is 142 g/mol. The minimum atomic E-state index is 0.613. The van der Waals surface area contributed by atoms with Crippen molar-refractivity contribution in [1.82, 2.24) is 4.23 Å². The number of hydrogen-bond acceptors (Lipinski definition) is 1. The molecule has 3 heteroatoms. The van der Waals surface area contributed by atoms with Gasteiger partial charge in [-0.15, -0.1) is 0 Å². The van der Waals surface area contributed by atoms with Gasteiger partial charge in [-0.05, 0) is 11.6 Å². The van der Waals surface area contributed by atoms with Crippen LogP contribution in [-0.4, -0.2) is 30.4 Å². The van der Waals surface area contributed by atoms with Crippen LogP contribution in [0.15, 0.2) is 0 Å². The van der Waals surface area contributed by atoms with Gasteiger partial charge in [-0.2, -0.15) is 0 Å². The molecule has 5 radical (unpaired) electrons. The number of rotatable bonds is 3. The Labute approximate surface area is 64.2 Å². The van der Waals surface area contributed by atoms with Crippen molar-refractivity contribution in [1.29, 1.82) is 0 Å². The van der Waals surface area contributed by atoms with Crippen molar-refractivity contribution in [3.8, 4) is 0 Å². The third-order valence-electron chi connectivity index (χ3n) is 0.914. The molecule has 0 aliphatic heterocycles. The lowest BCUT2D eigenvalue weighted by Crippen LogP contribution is -2.33. The highest BCUT2D eigenvalue weighted by molar-refractivity contribution is 6.43. The molecule has 0 aromatic rings. The average molecular weight is 156 g/mol. The second kappa shape index (κ2) is 4.25. The van der Waals surface area contributed by atoms with Gasteiger partial charge in [-0.3, -0.25) is 0 Å². The molecule has 0 aromatic heterocycles. The summed E-state index contributed by atoms with van der Waals surface area (Å²) in [5.41, 5.74) is 0.768. The lowest BCUT2D eigenvalue weighted by Gasteiger charge is -2.21. The monoisotopic (exact) mass is 156 g/mol. The van der Waals surface area contributed by atoms with E-state index in [1.807, 2.05) is 0 Å². The fraction of sp³-hybridized carbons (Fsp3) is 1.00. The molecule has 0 saturated carbocycles. The van der Waals surface area contributed by atoms with Crippen LogP contribution in [0.4, 0.5) is 0 Å². The molecule has 0 unspecified atom stereocenters. The molecule has 0 aliphatic rings. The van der Waals surface area contributed by atoms with Crippen LogP contribution in [0.2, 0.25) is 5.54 Å². The Balaban J connectivity index is 3.38. The SMILES string of the molecule is CC(C)[Si]N([Si])C(C)C. The highest BCUT2D eigenvalue weighted by Gasteiger charge is 2.05. The lowest BCUT2D eigenvalue weighted by atomic mass is 10.4. The first-order chi connectivity index (χ1) is 4.04. The van der Waals surface area contributed by atoms with Crippen molar-refractivity contribution < 1.29 is 0 Å². The summed E-state index contributed by atoms with van der Waals surface area (Å²) in [4.78, 5) is 0. The van der Waals surface area contributed by atoms with E-state index >= 15 is 0 Å². The van der Waals surface area contributed by atoms with Gasteiger partial charge in [-0.25, -0.2) is 0 Å². The maximum absolute atomic E-state index is 3.54. The first kappa shape index (κ1) is 9.39. The molecule has 9 heavy (non-hydrogen) atoms. The Kier molecular flexibility index (Phi) is 4.43. The molecule has 0 rings (SSSR count). The van der Waals surface area contributed by atoms with Gasteiger partial charge in [-0.1, -0.05) is 27.7 Å². The van der Waals surface area contributed by atoms with E-state index < -0.39 is 0 Å². The summed E-state index contributed by atoms with van der Waals surface area (Å²) in [5.74, 6) is 0. The molecule has 0 spiro atoms. The van der Waals surface area contributed by atoms with Crippen molar-refractivity contribution in [2.24, 2.45) is 0 Å². The van der Waals surface area contributed by atoms with E-state index in [1.165, 1.54) is 0 Å². The van der Waals surface area contributed by atoms with E-state index in [2.05, 4.69) is 42.3 Å². The van der Waals surface area contributed by atoms with E-state index in [9.17, 15) is 0 Å². The normalized spacial score (nSPS) is 12.0. The molecular formula is C6H14NSi2. The number of hydrogen-bond donors (Lipinski definition) is 0. The van der Waals surface area contributed by atoms with Gasteiger partial charge in [0, 0.05) is 0 Å². The van der Waals surface area contributed by atoms with E-state index in [0.717, 1.165) is 15.2 Å². The quantitative estimate of drug-likeness (QED) is 0.556. The van der Waals surface area contributed by atoms with Crippen LogP contribution in [0.25, 0.3) is 0 Å². The molecule has 0 amide bonds. The van der Waals surface area contributed by atoms with E-state index in [0.29, 0.717) is 6.04 Å². The average Bonchev–Trinajstić information content (AvgIpc) is 1.63. The largest absolute Gasteiger partial charge is 0.348 e. The zero-order valence-electron chi connectivity index (χ0n) is 6.60. The van der Waals surface area contributed by atoms with E-state index in [1.54, 1.807) is 0 Å². The highest BCUT2D eigenvalue weighted by Crippen LogP contribution is 2.01. The summed E-state index contributed by atoms with van der Waals surface area (Å²) >= 11 is 0. The van der Waals surface area contributed by atoms with E-state index in [4.69, 9.17) is 0 Å². The van der Waals surface area contributed by atoms with Gasteiger partial charge >= 0.3 is 0 Å². The summed E-state index contributed by atoms with van der Waals surface area (Å²) in [6.07, 6.45) is 0. The Morgan fingerprint density at radius 3 is 1.78 bits per heavy atom. The molecule has 0 N–H and O–H groups in total. The number of nitrogens with zero attached hydrogens (tertiary/aromatic N) is 1. The zero-order valence-corrected chi connectivity index (χ0v) is 8.60. The Bertz CT molecular complexity index is 73.5. The predicted octanol–water partition coefficient (Wildman–Crippen LogP) is 1.23. The maximum Gasteiger partial charge on any atom is 0.137 e. The first-order valence-corrected chi connectivity index (χ1v) is 4.78. The summed E-state index contributed by atoms with van der Waals surface area (Å²) in [5, 5.41) is 0. The summed E-state index contributed by atoms with van der Waals surface area (Å²) in [6.45, 7) is 8.83. The molecule has 0 saturated heterocycles. The van der Waals surface area contributed by atoms with Crippen LogP contribution in [0.1, 0.15) is 27.7 Å². The van der Waals surface area contributed by atoms with Gasteiger partial charge in [0.2, 0.25) is 0 Å². The first-order valence-electron chi connectivity index (χ1n) is 3.30. The van der Waals surface area contributed by atoms with Gasteiger partial charge in [0.15, 0.2) is 0 Å². The molecule has 0 aromatic carbocycles. The van der Waals surface area contributed by atoms with Gasteiger partial charge in [0.05, 0.1) is 0 Å². The summed E-state index contributed by atoms with van der Waals surface area (Å²) < 4.78 is 2.20. The van der Waals surface area contributed by atoms with Crippen LogP contribution in [0.5, 0.6) is 0 Å². The Hall–Kier alpha value is 0.394. The standard InChI is InChI=1S/C6H14NSi2/c1-5(2)7(8)9-6(3)4/h5-6H,1-4H3. The fourth-order valence-corrected chi connectivity index (χ4v) is 2.06. The summed E-state index contributed by atoms with van der Waals surface area (Å²) in [6, 6.07) is 0.613. The molecule has 1 nitrogen and oxygen atoms in total. The van der Waals surface area contributed by atoms with Gasteiger partial charge in [0.1, 0.15) is 20.1 Å². The van der Waals surface area contributed by atoms with Gasteiger partial charge < -0.3 is 4.23 Å². The lowest BCUT2D eigenvalue weighted by molar-refractivity contribution is 0.551. The zero-order chi connectivity index (χ0) is 7.44. The van der Waals surface area contributed by atoms with Crippen molar-refractivity contribution in [2.75, 3.05) is 0 Å². The van der Waals surface area contributed by atoms with Crippen LogP contribution in [0, 0.1) is 0 Å². The fourth-order valence-electron chi connectivity index (χ4n) is 0.427. The minimum Gasteiger partial charge on any atom is -0.348 e. The van der Waals surface area contributed by atoms with Gasteiger partial charge in [0.25, 0.3) is 0 Å². The molecule has 51 valence electrons. The summed E-state index contributed by atoms with van der Waals surface area (Å²) in [7, 11) is 4.43. The van der Waals surface area contributed by atoms with Crippen LogP contribution >= 0.6 is 0 Å². The van der Waals surface area contributed by atoms with Crippen molar-refractivity contribution in [3.05, 3.63) is 0 Å². The topological polar surface area (TPSA) is 3.24 Å². The smallest absolute Gasteiger partial charge is 0.137 e. The van der Waals surface area contributed by atoms with Crippen molar-refractivity contribution in [2.45, 2.75) is 39.3 Å². The highest BCUT2D eigenvalue weighted by atomic mass is 28.3. The second-order valence-corrected chi connectivity index (χ2v) is 5.57. The Morgan fingerprint density at radius 2 is 1.67 bits per heavy atom. The Morgan fingerprint density at radius 1 is 1.22 bits per heavy atom. The third kappa shape index (κ3) is 4.87. The van der Waals surface area contributed by atoms with Crippen molar-refractivity contribution >= 4 is 20.1 Å². The van der Waals surface area contributed by atoms with Crippen LogP contribution < -0.4 is 0 Å². The van der Waals surface area contributed by atoms with Crippen LogP contribution in [0.3, 0.4) is 0 Å². The van der Waals surface area contributed by atoms with Crippen molar-refractivity contribution in [3.63, 3.8) is 0 Å².